The Balaban J connectivity index is 1.51. The number of nitrogens with one attached hydrogen (secondary N) is 2. The molecule has 5 heterocycles. The second-order valence-electron chi connectivity index (χ2n) is 10.7. The Bertz CT molecular complexity index is 1320. The summed E-state index contributed by atoms with van der Waals surface area (Å²) in [6.45, 7) is 4.27. The van der Waals surface area contributed by atoms with Gasteiger partial charge in [0, 0.05) is 37.7 Å². The summed E-state index contributed by atoms with van der Waals surface area (Å²) < 4.78 is 7.66. The highest BCUT2D eigenvalue weighted by atomic mass is 35.5. The Morgan fingerprint density at radius 1 is 1.13 bits per heavy atom. The van der Waals surface area contributed by atoms with Gasteiger partial charge in [0.15, 0.2) is 17.6 Å². The second-order valence-corrected chi connectivity index (χ2v) is 11.1. The summed E-state index contributed by atoms with van der Waals surface area (Å²) in [5.74, 6) is 2.11. The van der Waals surface area contributed by atoms with E-state index in [0.717, 1.165) is 37.1 Å². The zero-order valence-corrected chi connectivity index (χ0v) is 22.0. The number of fused-ring (bicyclic) bond motifs is 1. The van der Waals surface area contributed by atoms with Crippen LogP contribution < -0.4 is 10.8 Å². The number of nitrogens with zero attached hydrogens (tertiary/aromatic N) is 5. The fourth-order valence-corrected chi connectivity index (χ4v) is 5.94. The van der Waals surface area contributed by atoms with E-state index in [1.807, 2.05) is 0 Å². The lowest BCUT2D eigenvalue weighted by Crippen LogP contribution is -2.26. The van der Waals surface area contributed by atoms with Crippen molar-refractivity contribution >= 4 is 28.9 Å². The fourth-order valence-electron chi connectivity index (χ4n) is 5.77. The number of halogens is 1. The van der Waals surface area contributed by atoms with Crippen molar-refractivity contribution in [3.05, 3.63) is 35.1 Å². The van der Waals surface area contributed by atoms with Crippen molar-refractivity contribution < 1.29 is 19.5 Å². The molecule has 11 nitrogen and oxygen atoms in total. The van der Waals surface area contributed by atoms with E-state index in [4.69, 9.17) is 36.1 Å². The zero-order valence-electron chi connectivity index (χ0n) is 21.3. The number of rotatable bonds is 6. The summed E-state index contributed by atoms with van der Waals surface area (Å²) in [4.78, 5) is 35.3. The summed E-state index contributed by atoms with van der Waals surface area (Å²) in [5.41, 5.74) is 5.07. The molecule has 1 aliphatic carbocycles. The number of aliphatic hydroxyl groups is 1. The zero-order chi connectivity index (χ0) is 26.2. The minimum atomic E-state index is -0.767. The first-order chi connectivity index (χ1) is 18.5. The molecule has 0 spiro atoms. The van der Waals surface area contributed by atoms with Crippen LogP contribution >= 0.6 is 11.6 Å². The monoisotopic (exact) mass is 541 g/mol. The second kappa shape index (κ2) is 10.7. The number of aromatic nitrogens is 5. The van der Waals surface area contributed by atoms with Gasteiger partial charge in [0.25, 0.3) is 0 Å². The number of hydrogen-bond donors (Lipinski definition) is 3. The standard InChI is InChI=1S/C26H32ClN7O4/c1-14-2-4-15(5-3-14)13-34-20-19(17-10-18(27)12-28-11-17)29-23(24-32-26(36)38-33-24)30-22(20)31-25(34)21(35)16-6-8-37-9-7-16/h10-12,14-16,21,24,33,35H,2-9,13H2,1H3,(H,32,36). The van der Waals surface area contributed by atoms with Gasteiger partial charge < -0.3 is 19.2 Å². The van der Waals surface area contributed by atoms with Crippen molar-refractivity contribution in [1.82, 2.24) is 35.3 Å². The van der Waals surface area contributed by atoms with Gasteiger partial charge >= 0.3 is 6.09 Å². The van der Waals surface area contributed by atoms with Crippen LogP contribution in [0.1, 0.15) is 69.4 Å². The maximum atomic E-state index is 11.7. The third-order valence-electron chi connectivity index (χ3n) is 7.97. The molecule has 2 saturated heterocycles. The van der Waals surface area contributed by atoms with Crippen molar-refractivity contribution in [3.8, 4) is 11.3 Å². The normalized spacial score (nSPS) is 25.3. The number of aliphatic hydroxyl groups excluding tert-OH is 1. The summed E-state index contributed by atoms with van der Waals surface area (Å²) in [7, 11) is 0. The predicted molar refractivity (Wildman–Crippen MR) is 139 cm³/mol. The molecule has 6 rings (SSSR count). The van der Waals surface area contributed by atoms with Crippen LogP contribution in [-0.4, -0.2) is 48.9 Å². The van der Waals surface area contributed by atoms with Gasteiger partial charge in [0.1, 0.15) is 23.1 Å². The number of amides is 1. The van der Waals surface area contributed by atoms with Gasteiger partial charge in [-0.3, -0.25) is 10.3 Å². The van der Waals surface area contributed by atoms with Crippen molar-refractivity contribution in [1.29, 1.82) is 0 Å². The first kappa shape index (κ1) is 25.4. The van der Waals surface area contributed by atoms with Crippen LogP contribution in [0.2, 0.25) is 5.02 Å². The van der Waals surface area contributed by atoms with Crippen LogP contribution in [0.25, 0.3) is 22.4 Å². The van der Waals surface area contributed by atoms with E-state index in [1.54, 1.807) is 18.5 Å². The van der Waals surface area contributed by atoms with Gasteiger partial charge in [-0.15, -0.1) is 5.48 Å². The summed E-state index contributed by atoms with van der Waals surface area (Å²) in [6.07, 6.45) is 7.29. The molecule has 2 atom stereocenters. The molecule has 3 aliphatic rings. The van der Waals surface area contributed by atoms with Gasteiger partial charge in [-0.1, -0.05) is 31.4 Å². The van der Waals surface area contributed by atoms with Gasteiger partial charge in [0.2, 0.25) is 0 Å². The van der Waals surface area contributed by atoms with E-state index >= 15 is 0 Å². The van der Waals surface area contributed by atoms with Gasteiger partial charge in [-0.05, 0) is 49.5 Å². The molecule has 3 aromatic rings. The Morgan fingerprint density at radius 3 is 2.63 bits per heavy atom. The first-order valence-corrected chi connectivity index (χ1v) is 13.7. The topological polar surface area (TPSA) is 136 Å². The lowest BCUT2D eigenvalue weighted by molar-refractivity contribution is 0.00228. The Labute approximate surface area is 225 Å². The molecule has 0 bridgehead atoms. The summed E-state index contributed by atoms with van der Waals surface area (Å²) in [5, 5.41) is 14.7. The summed E-state index contributed by atoms with van der Waals surface area (Å²) in [6, 6.07) is 1.80. The molecule has 3 fully saturated rings. The number of carbonyl (C=O) groups excluding carboxylic acids is 1. The molecule has 0 radical (unpaired) electrons. The number of hydrogen-bond acceptors (Lipinski definition) is 9. The Morgan fingerprint density at radius 2 is 1.92 bits per heavy atom. The maximum Gasteiger partial charge on any atom is 0.427 e. The Hall–Kier alpha value is -2.86. The predicted octanol–water partition coefficient (Wildman–Crippen LogP) is 4.07. The third-order valence-corrected chi connectivity index (χ3v) is 8.18. The van der Waals surface area contributed by atoms with Crippen LogP contribution in [0, 0.1) is 17.8 Å². The van der Waals surface area contributed by atoms with Crippen molar-refractivity contribution in [2.45, 2.75) is 64.3 Å². The van der Waals surface area contributed by atoms with E-state index in [9.17, 15) is 9.90 Å². The van der Waals surface area contributed by atoms with Crippen LogP contribution in [0.15, 0.2) is 18.5 Å². The number of imidazole rings is 1. The molecule has 2 unspecified atom stereocenters. The van der Waals surface area contributed by atoms with Gasteiger partial charge in [-0.25, -0.2) is 19.7 Å². The lowest BCUT2D eigenvalue weighted by Gasteiger charge is -2.30. The SMILES string of the molecule is CC1CCC(Cn2c(C(O)C3CCOCC3)nc3nc(C4NOC(=O)N4)nc(-c4cncc(Cl)c4)c32)CC1. The highest BCUT2D eigenvalue weighted by Gasteiger charge is 2.33. The number of hydroxylamine groups is 1. The maximum absolute atomic E-state index is 11.7. The van der Waals surface area contributed by atoms with Crippen LogP contribution in [0.5, 0.6) is 0 Å². The van der Waals surface area contributed by atoms with Gasteiger partial charge in [0.05, 0.1) is 5.02 Å². The number of pyridine rings is 1. The van der Waals surface area contributed by atoms with Crippen LogP contribution in [0.3, 0.4) is 0 Å². The molecule has 202 valence electrons. The highest BCUT2D eigenvalue weighted by Crippen LogP contribution is 2.37. The minimum Gasteiger partial charge on any atom is -0.385 e. The molecule has 1 saturated carbocycles. The molecule has 1 amide bonds. The van der Waals surface area contributed by atoms with Crippen molar-refractivity contribution in [2.75, 3.05) is 13.2 Å². The number of ether oxygens (including phenoxy) is 1. The van der Waals surface area contributed by atoms with Crippen molar-refractivity contribution in [2.24, 2.45) is 17.8 Å². The van der Waals surface area contributed by atoms with E-state index in [0.29, 0.717) is 59.3 Å². The molecule has 2 aliphatic heterocycles. The average Bonchev–Trinajstić information content (AvgIpc) is 3.53. The third kappa shape index (κ3) is 5.07. The molecule has 12 heteroatoms. The molecule has 3 aromatic heterocycles. The Kier molecular flexibility index (Phi) is 7.17. The molecular weight excluding hydrogens is 510 g/mol. The molecule has 38 heavy (non-hydrogen) atoms. The van der Waals surface area contributed by atoms with Gasteiger partial charge in [-0.2, -0.15) is 0 Å². The van der Waals surface area contributed by atoms with Crippen molar-refractivity contribution in [3.63, 3.8) is 0 Å². The van der Waals surface area contributed by atoms with Crippen LogP contribution in [-0.2, 0) is 16.1 Å². The molecule has 3 N–H and O–H groups in total. The van der Waals surface area contributed by atoms with Crippen LogP contribution in [0.4, 0.5) is 4.79 Å². The largest absolute Gasteiger partial charge is 0.427 e. The van der Waals surface area contributed by atoms with E-state index in [1.165, 1.54) is 12.8 Å². The summed E-state index contributed by atoms with van der Waals surface area (Å²) >= 11 is 6.33. The number of carbonyl (C=O) groups is 1. The fraction of sp³-hybridized carbons (Fsp3) is 0.577. The smallest absolute Gasteiger partial charge is 0.385 e. The first-order valence-electron chi connectivity index (χ1n) is 13.3. The quantitative estimate of drug-likeness (QED) is 0.421. The molecule has 0 aromatic carbocycles. The lowest BCUT2D eigenvalue weighted by atomic mass is 9.83. The highest BCUT2D eigenvalue weighted by molar-refractivity contribution is 6.30. The van der Waals surface area contributed by atoms with E-state index in [2.05, 4.69) is 27.3 Å². The van der Waals surface area contributed by atoms with E-state index in [-0.39, 0.29) is 5.92 Å². The minimum absolute atomic E-state index is 0.0404. The van der Waals surface area contributed by atoms with E-state index < -0.39 is 18.4 Å². The molecular formula is C26H32ClN7O4. The average molecular weight is 542 g/mol.